The summed E-state index contributed by atoms with van der Waals surface area (Å²) in [5.41, 5.74) is 0.496. The van der Waals surface area contributed by atoms with Crippen molar-refractivity contribution in [3.63, 3.8) is 0 Å². The van der Waals surface area contributed by atoms with Gasteiger partial charge in [-0.25, -0.2) is 8.78 Å². The van der Waals surface area contributed by atoms with Crippen molar-refractivity contribution < 1.29 is 23.5 Å². The van der Waals surface area contributed by atoms with E-state index in [9.17, 15) is 23.5 Å². The molecule has 7 heteroatoms. The highest BCUT2D eigenvalue weighted by molar-refractivity contribution is 6.31. The normalized spacial score (nSPS) is 41.3. The van der Waals surface area contributed by atoms with E-state index in [1.54, 1.807) is 6.07 Å². The maximum Gasteiger partial charge on any atom is 0.309 e. The summed E-state index contributed by atoms with van der Waals surface area (Å²) < 4.78 is 29.7. The number of allylic oxidation sites excluding steroid dienone is 1. The van der Waals surface area contributed by atoms with Crippen molar-refractivity contribution in [2.24, 2.45) is 28.6 Å². The van der Waals surface area contributed by atoms with Gasteiger partial charge in [-0.05, 0) is 78.5 Å². The largest absolute Gasteiger partial charge is 0.481 e. The Morgan fingerprint density at radius 3 is 2.37 bits per heavy atom. The Hall–Kier alpha value is -1.95. The summed E-state index contributed by atoms with van der Waals surface area (Å²) in [6, 6.07) is 5.55. The fraction of sp³-hybridized carbons (Fsp3) is 0.677. The van der Waals surface area contributed by atoms with Crippen LogP contribution in [0.4, 0.5) is 8.78 Å². The zero-order valence-electron chi connectivity index (χ0n) is 22.9. The molecule has 6 aliphatic rings. The molecule has 1 amide bonds. The summed E-state index contributed by atoms with van der Waals surface area (Å²) in [7, 11) is 0. The second kappa shape index (κ2) is 7.83. The molecule has 5 saturated carbocycles. The van der Waals surface area contributed by atoms with Gasteiger partial charge in [0.1, 0.15) is 0 Å². The van der Waals surface area contributed by atoms with Crippen molar-refractivity contribution in [3.8, 4) is 0 Å². The molecule has 1 aromatic rings. The number of carbonyl (C=O) groups excluding carboxylic acids is 1. The van der Waals surface area contributed by atoms with Gasteiger partial charge in [0.2, 0.25) is 5.91 Å². The number of hydrogen-bond acceptors (Lipinski definition) is 2. The van der Waals surface area contributed by atoms with Gasteiger partial charge in [0, 0.05) is 34.5 Å². The summed E-state index contributed by atoms with van der Waals surface area (Å²) in [5.74, 6) is -4.47. The number of rotatable bonds is 4. The molecule has 1 heterocycles. The summed E-state index contributed by atoms with van der Waals surface area (Å²) in [5, 5.41) is 10.1. The van der Waals surface area contributed by atoms with Gasteiger partial charge < -0.3 is 10.0 Å². The summed E-state index contributed by atoms with van der Waals surface area (Å²) in [6.45, 7) is 9.99. The molecule has 3 unspecified atom stereocenters. The van der Waals surface area contributed by atoms with Gasteiger partial charge in [-0.2, -0.15) is 0 Å². The fourth-order valence-electron chi connectivity index (χ4n) is 8.86. The summed E-state index contributed by atoms with van der Waals surface area (Å²) in [4.78, 5) is 27.6. The predicted molar refractivity (Wildman–Crippen MR) is 142 cm³/mol. The molecule has 2 bridgehead atoms. The minimum absolute atomic E-state index is 0.0260. The van der Waals surface area contributed by atoms with Crippen LogP contribution in [0.3, 0.4) is 0 Å². The molecular weight excluding hydrogens is 508 g/mol. The van der Waals surface area contributed by atoms with E-state index in [0.717, 1.165) is 24.8 Å². The third-order valence-electron chi connectivity index (χ3n) is 11.2. The zero-order valence-corrected chi connectivity index (χ0v) is 23.7. The van der Waals surface area contributed by atoms with Gasteiger partial charge in [-0.15, -0.1) is 0 Å². The van der Waals surface area contributed by atoms with Gasteiger partial charge >= 0.3 is 5.97 Å². The molecular formula is C31H38ClF2NO3. The van der Waals surface area contributed by atoms with Crippen LogP contribution in [0.2, 0.25) is 5.02 Å². The monoisotopic (exact) mass is 545 g/mol. The van der Waals surface area contributed by atoms with Crippen molar-refractivity contribution in [1.82, 2.24) is 4.90 Å². The van der Waals surface area contributed by atoms with Crippen LogP contribution in [0.1, 0.15) is 96.6 Å². The Morgan fingerprint density at radius 2 is 1.82 bits per heavy atom. The van der Waals surface area contributed by atoms with Crippen LogP contribution in [-0.2, 0) is 15.0 Å². The number of amides is 1. The summed E-state index contributed by atoms with van der Waals surface area (Å²) in [6.07, 6.45) is 6.50. The highest BCUT2D eigenvalue weighted by Crippen LogP contribution is 2.69. The first-order chi connectivity index (χ1) is 17.6. The predicted octanol–water partition coefficient (Wildman–Crippen LogP) is 7.55. The van der Waals surface area contributed by atoms with E-state index in [2.05, 4.69) is 20.0 Å². The maximum atomic E-state index is 14.8. The first-order valence-electron chi connectivity index (χ1n) is 14.0. The Kier molecular flexibility index (Phi) is 5.41. The van der Waals surface area contributed by atoms with Crippen molar-refractivity contribution in [2.45, 2.75) is 102 Å². The SMILES string of the molecule is C[C@H]1CCC2(c3ccc(C4C(C(C)(C)C)C4(F)F)c(Cl)c3)CC(=O)N(C34CCC(C(=O)O)(C3)C4)C=C2[C@@H]1C. The minimum Gasteiger partial charge on any atom is -0.481 e. The van der Waals surface area contributed by atoms with E-state index in [4.69, 9.17) is 11.6 Å². The van der Waals surface area contributed by atoms with Crippen LogP contribution < -0.4 is 0 Å². The Labute approximate surface area is 228 Å². The van der Waals surface area contributed by atoms with Gasteiger partial charge in [-0.3, -0.25) is 9.59 Å². The van der Waals surface area contributed by atoms with E-state index in [-0.39, 0.29) is 11.8 Å². The second-order valence-corrected chi connectivity index (χ2v) is 14.7. The topological polar surface area (TPSA) is 57.6 Å². The van der Waals surface area contributed by atoms with E-state index < -0.39 is 45.5 Å². The van der Waals surface area contributed by atoms with Gasteiger partial charge in [-0.1, -0.05) is 58.4 Å². The lowest BCUT2D eigenvalue weighted by atomic mass is 9.56. The number of carboxylic acids is 1. The number of benzene rings is 1. The third-order valence-corrected chi connectivity index (χ3v) is 11.5. The molecule has 1 aliphatic heterocycles. The molecule has 5 atom stereocenters. The molecule has 7 rings (SSSR count). The van der Waals surface area contributed by atoms with Crippen LogP contribution >= 0.6 is 11.6 Å². The van der Waals surface area contributed by atoms with Crippen LogP contribution in [0.25, 0.3) is 0 Å². The molecule has 5 fully saturated rings. The number of carboxylic acid groups (broad SMARTS) is 1. The molecule has 5 aliphatic carbocycles. The van der Waals surface area contributed by atoms with Crippen molar-refractivity contribution in [2.75, 3.05) is 0 Å². The maximum absolute atomic E-state index is 14.8. The fourth-order valence-corrected chi connectivity index (χ4v) is 9.16. The molecule has 0 saturated heterocycles. The van der Waals surface area contributed by atoms with Gasteiger partial charge in [0.25, 0.3) is 5.92 Å². The van der Waals surface area contributed by atoms with Crippen molar-refractivity contribution in [3.05, 3.63) is 46.1 Å². The number of nitrogens with zero attached hydrogens (tertiary/aromatic N) is 1. The molecule has 0 radical (unpaired) electrons. The number of hydrogen-bond donors (Lipinski definition) is 1. The molecule has 0 spiro atoms. The van der Waals surface area contributed by atoms with Crippen molar-refractivity contribution in [1.29, 1.82) is 0 Å². The number of halogens is 3. The standard InChI is InChI=1S/C31H38ClF2NO3/c1-17-8-9-30(19-6-7-20(22(32)12-19)24-25(27(3,4)5)31(24,33)34)13-23(36)35(14-21(30)18(17)2)29-11-10-28(15-29,16-29)26(37)38/h6-7,12,14,17-18,24-25H,8-11,13,15-16H2,1-5H3,(H,37,38)/t17-,18+,24?,25?,28?,29?,30?/m0/s1. The van der Waals surface area contributed by atoms with E-state index in [1.165, 1.54) is 5.57 Å². The highest BCUT2D eigenvalue weighted by atomic mass is 35.5. The van der Waals surface area contributed by atoms with Crippen LogP contribution in [-0.4, -0.2) is 33.3 Å². The van der Waals surface area contributed by atoms with Crippen molar-refractivity contribution >= 4 is 23.5 Å². The lowest BCUT2D eigenvalue weighted by Crippen LogP contribution is -2.61. The Bertz CT molecular complexity index is 1260. The number of fused-ring (bicyclic) bond motifs is 2. The first kappa shape index (κ1) is 26.3. The molecule has 0 aromatic heterocycles. The number of alkyl halides is 2. The molecule has 4 nitrogen and oxygen atoms in total. The molecule has 38 heavy (non-hydrogen) atoms. The zero-order chi connectivity index (χ0) is 27.6. The number of carbonyl (C=O) groups is 2. The van der Waals surface area contributed by atoms with E-state index in [1.807, 2.05) is 37.8 Å². The average Bonchev–Trinajstić information content (AvgIpc) is 3.09. The average molecular weight is 546 g/mol. The second-order valence-electron chi connectivity index (χ2n) is 14.3. The van der Waals surface area contributed by atoms with Crippen LogP contribution in [0, 0.1) is 28.6 Å². The van der Waals surface area contributed by atoms with Gasteiger partial charge in [0.05, 0.1) is 11.3 Å². The lowest BCUT2D eigenvalue weighted by Gasteiger charge is -2.56. The first-order valence-corrected chi connectivity index (χ1v) is 14.4. The number of aliphatic carboxylic acids is 1. The quantitative estimate of drug-likeness (QED) is 0.425. The highest BCUT2D eigenvalue weighted by Gasteiger charge is 2.73. The lowest BCUT2D eigenvalue weighted by molar-refractivity contribution is -0.161. The molecule has 206 valence electrons. The van der Waals surface area contributed by atoms with E-state index >= 15 is 0 Å². The van der Waals surface area contributed by atoms with Crippen LogP contribution in [0.15, 0.2) is 30.0 Å². The van der Waals surface area contributed by atoms with E-state index in [0.29, 0.717) is 42.2 Å². The minimum atomic E-state index is -2.78. The van der Waals surface area contributed by atoms with Gasteiger partial charge in [0.15, 0.2) is 0 Å². The smallest absolute Gasteiger partial charge is 0.309 e. The molecule has 1 aromatic carbocycles. The van der Waals surface area contributed by atoms with Crippen LogP contribution in [0.5, 0.6) is 0 Å². The Morgan fingerprint density at radius 1 is 1.13 bits per heavy atom. The third kappa shape index (κ3) is 3.37. The molecule has 1 N–H and O–H groups in total. The Balaban J connectivity index is 1.38. The summed E-state index contributed by atoms with van der Waals surface area (Å²) >= 11 is 6.76.